The number of benzene rings is 1. The number of carboxylic acid groups (broad SMARTS) is 1. The third-order valence-corrected chi connectivity index (χ3v) is 6.80. The molecule has 4 rings (SSSR count). The second-order valence-electron chi connectivity index (χ2n) is 7.34. The molecule has 1 aliphatic heterocycles. The molecule has 2 heterocycles. The monoisotopic (exact) mass is 480 g/mol. The van der Waals surface area contributed by atoms with E-state index in [1.165, 1.54) is 4.57 Å². The molecule has 1 atom stereocenters. The number of hydrogen-bond donors (Lipinski definition) is 3. The van der Waals surface area contributed by atoms with Crippen LogP contribution < -0.4 is 16.2 Å². The zero-order valence-electron chi connectivity index (χ0n) is 15.0. The largest absolute Gasteiger partial charge is 0.465 e. The third kappa shape index (κ3) is 2.60. The molecule has 1 aromatic carbocycles. The number of halogens is 1. The van der Waals surface area contributed by atoms with E-state index in [0.29, 0.717) is 9.39 Å². The highest BCUT2D eigenvalue weighted by atomic mass is 127. The topological polar surface area (TPSA) is 96.2 Å². The minimum atomic E-state index is -1.11. The number of hydrogen-bond acceptors (Lipinski definition) is 4. The Morgan fingerprint density at radius 3 is 2.74 bits per heavy atom. The number of nitrogens with zero attached hydrogens (tertiary/aromatic N) is 2. The quantitative estimate of drug-likeness (QED) is 0.571. The number of rotatable bonds is 2. The van der Waals surface area contributed by atoms with Crippen LogP contribution in [0.5, 0.6) is 0 Å². The third-order valence-electron chi connectivity index (χ3n) is 6.06. The normalized spacial score (nSPS) is 23.2. The molecule has 1 amide bonds. The Balaban J connectivity index is 2.08. The lowest BCUT2D eigenvalue weighted by Crippen LogP contribution is -2.61. The molecule has 2 aliphatic rings. The van der Waals surface area contributed by atoms with Crippen LogP contribution in [0.1, 0.15) is 29.8 Å². The summed E-state index contributed by atoms with van der Waals surface area (Å²) in [6, 6.07) is 7.91. The van der Waals surface area contributed by atoms with Crippen LogP contribution in [-0.2, 0) is 19.0 Å². The van der Waals surface area contributed by atoms with Gasteiger partial charge in [0.1, 0.15) is 11.4 Å². The molecular weight excluding hydrogens is 459 g/mol. The molecule has 1 aromatic heterocycles. The number of nitrogens with one attached hydrogen (secondary N) is 2. The molecule has 3 N–H and O–H groups in total. The lowest BCUT2D eigenvalue weighted by atomic mass is 9.63. The first-order valence-electron chi connectivity index (χ1n) is 8.93. The first kappa shape index (κ1) is 18.4. The van der Waals surface area contributed by atoms with Gasteiger partial charge in [0.2, 0.25) is 0 Å². The maximum atomic E-state index is 12.7. The Kier molecular flexibility index (Phi) is 4.50. The van der Waals surface area contributed by atoms with Crippen molar-refractivity contribution >= 4 is 28.7 Å². The predicted octanol–water partition coefficient (Wildman–Crippen LogP) is 1.82. The fraction of sp³-hybridized carbons (Fsp3) is 0.421. The summed E-state index contributed by atoms with van der Waals surface area (Å²) < 4.78 is 2.01. The van der Waals surface area contributed by atoms with Gasteiger partial charge in [-0.3, -0.25) is 9.36 Å². The van der Waals surface area contributed by atoms with E-state index in [0.717, 1.165) is 43.5 Å². The lowest BCUT2D eigenvalue weighted by molar-refractivity contribution is 0.0764. The smallest absolute Gasteiger partial charge is 0.405 e. The van der Waals surface area contributed by atoms with Gasteiger partial charge in [-0.2, -0.15) is 0 Å². The summed E-state index contributed by atoms with van der Waals surface area (Å²) in [6.07, 6.45) is 2.78. The van der Waals surface area contributed by atoms with Crippen LogP contribution in [0.15, 0.2) is 35.3 Å². The Morgan fingerprint density at radius 1 is 1.33 bits per heavy atom. The van der Waals surface area contributed by atoms with Crippen molar-refractivity contribution < 1.29 is 9.90 Å². The predicted molar refractivity (Wildman–Crippen MR) is 109 cm³/mol. The van der Waals surface area contributed by atoms with E-state index in [9.17, 15) is 14.7 Å². The molecule has 1 fully saturated rings. The summed E-state index contributed by atoms with van der Waals surface area (Å²) in [5, 5.41) is 16.0. The maximum Gasteiger partial charge on any atom is 0.405 e. The van der Waals surface area contributed by atoms with Gasteiger partial charge in [0.25, 0.3) is 5.56 Å². The fourth-order valence-electron chi connectivity index (χ4n) is 4.92. The van der Waals surface area contributed by atoms with Gasteiger partial charge >= 0.3 is 6.09 Å². The molecule has 0 bridgehead atoms. The van der Waals surface area contributed by atoms with Crippen LogP contribution in [0.25, 0.3) is 0 Å². The molecule has 142 valence electrons. The van der Waals surface area contributed by atoms with Crippen molar-refractivity contribution in [1.82, 2.24) is 20.2 Å². The van der Waals surface area contributed by atoms with Crippen molar-refractivity contribution in [2.45, 2.75) is 24.8 Å². The average molecular weight is 480 g/mol. The van der Waals surface area contributed by atoms with E-state index in [4.69, 9.17) is 0 Å². The summed E-state index contributed by atoms with van der Waals surface area (Å²) in [6.45, 7) is 1.60. The highest BCUT2D eigenvalue weighted by molar-refractivity contribution is 14.1. The Bertz CT molecular complexity index is 968. The van der Waals surface area contributed by atoms with Crippen LogP contribution in [0.4, 0.5) is 4.79 Å². The van der Waals surface area contributed by atoms with Crippen molar-refractivity contribution in [2.24, 2.45) is 12.5 Å². The van der Waals surface area contributed by atoms with Crippen LogP contribution in [0, 0.1) is 8.99 Å². The van der Waals surface area contributed by atoms with E-state index >= 15 is 0 Å². The van der Waals surface area contributed by atoms with E-state index in [1.54, 1.807) is 13.2 Å². The highest BCUT2D eigenvalue weighted by Gasteiger charge is 2.61. The molecule has 8 heteroatoms. The Morgan fingerprint density at radius 2 is 2.04 bits per heavy atom. The fourth-order valence-corrected chi connectivity index (χ4v) is 5.42. The van der Waals surface area contributed by atoms with Crippen molar-refractivity contribution in [1.29, 1.82) is 0 Å². The standard InChI is InChI=1S/C19H21IN4O3/c1-24-15(25)14(20)11-22-16(24)19(23-17(26)27)13-5-3-2-4-12(13)10-18(19)6-8-21-9-7-18/h2-5,11,21,23H,6-10H2,1H3,(H,26,27). The Hall–Kier alpha value is -1.94. The van der Waals surface area contributed by atoms with Gasteiger partial charge in [0.15, 0.2) is 0 Å². The molecule has 0 radical (unpaired) electrons. The van der Waals surface area contributed by atoms with Gasteiger partial charge < -0.3 is 15.7 Å². The van der Waals surface area contributed by atoms with Crippen molar-refractivity contribution in [2.75, 3.05) is 13.1 Å². The minimum Gasteiger partial charge on any atom is -0.465 e. The molecule has 1 unspecified atom stereocenters. The van der Waals surface area contributed by atoms with Gasteiger partial charge in [-0.25, -0.2) is 9.78 Å². The highest BCUT2D eigenvalue weighted by Crippen LogP contribution is 2.57. The molecular formula is C19H21IN4O3. The minimum absolute atomic E-state index is 0.166. The zero-order valence-corrected chi connectivity index (χ0v) is 17.1. The number of fused-ring (bicyclic) bond motifs is 1. The molecule has 1 aliphatic carbocycles. The molecule has 7 nitrogen and oxygen atoms in total. The first-order valence-corrected chi connectivity index (χ1v) is 10.0. The van der Waals surface area contributed by atoms with Gasteiger partial charge in [0.05, 0.1) is 3.57 Å². The van der Waals surface area contributed by atoms with Gasteiger partial charge in [-0.15, -0.1) is 0 Å². The number of piperidine rings is 1. The van der Waals surface area contributed by atoms with Gasteiger partial charge in [-0.1, -0.05) is 24.3 Å². The van der Waals surface area contributed by atoms with Crippen molar-refractivity contribution in [3.63, 3.8) is 0 Å². The van der Waals surface area contributed by atoms with Crippen molar-refractivity contribution in [3.8, 4) is 0 Å². The summed E-state index contributed by atoms with van der Waals surface area (Å²) in [7, 11) is 1.67. The Labute approximate surface area is 170 Å². The van der Waals surface area contributed by atoms with E-state index in [2.05, 4.69) is 21.7 Å². The summed E-state index contributed by atoms with van der Waals surface area (Å²) in [5.74, 6) is 0.460. The van der Waals surface area contributed by atoms with Crippen LogP contribution in [0.3, 0.4) is 0 Å². The van der Waals surface area contributed by atoms with E-state index in [-0.39, 0.29) is 11.0 Å². The second kappa shape index (κ2) is 6.59. The summed E-state index contributed by atoms with van der Waals surface area (Å²) in [4.78, 5) is 29.3. The second-order valence-corrected chi connectivity index (χ2v) is 8.50. The number of aromatic nitrogens is 2. The van der Waals surface area contributed by atoms with Crippen molar-refractivity contribution in [3.05, 3.63) is 61.3 Å². The summed E-state index contributed by atoms with van der Waals surface area (Å²) >= 11 is 1.96. The molecule has 1 saturated heterocycles. The summed E-state index contributed by atoms with van der Waals surface area (Å²) in [5.41, 5.74) is 0.416. The number of carbonyl (C=O) groups is 1. The molecule has 1 spiro atoms. The van der Waals surface area contributed by atoms with Gasteiger partial charge in [-0.05, 0) is 66.1 Å². The van der Waals surface area contributed by atoms with Gasteiger partial charge in [0, 0.05) is 18.7 Å². The zero-order chi connectivity index (χ0) is 19.2. The first-order chi connectivity index (χ1) is 12.9. The van der Waals surface area contributed by atoms with E-state index < -0.39 is 11.6 Å². The average Bonchev–Trinajstić information content (AvgIpc) is 2.90. The van der Waals surface area contributed by atoms with Crippen LogP contribution in [-0.4, -0.2) is 33.8 Å². The van der Waals surface area contributed by atoms with Crippen LogP contribution >= 0.6 is 22.6 Å². The number of amides is 1. The molecule has 2 aromatic rings. The maximum absolute atomic E-state index is 12.7. The SMILES string of the molecule is Cn1c(C2(NC(=O)O)c3ccccc3CC23CCNCC3)ncc(I)c1=O. The molecule has 0 saturated carbocycles. The lowest BCUT2D eigenvalue weighted by Gasteiger charge is -2.48. The van der Waals surface area contributed by atoms with E-state index in [1.807, 2.05) is 40.8 Å². The molecule has 27 heavy (non-hydrogen) atoms. The van der Waals surface area contributed by atoms with Crippen LogP contribution in [0.2, 0.25) is 0 Å².